The van der Waals surface area contributed by atoms with Crippen molar-refractivity contribution in [3.63, 3.8) is 0 Å². The number of hydrogen-bond acceptors (Lipinski definition) is 5. The van der Waals surface area contributed by atoms with Crippen molar-refractivity contribution < 1.29 is 18.7 Å². The van der Waals surface area contributed by atoms with Gasteiger partial charge in [-0.05, 0) is 44.2 Å². The van der Waals surface area contributed by atoms with E-state index in [2.05, 4.69) is 10.6 Å². The molecule has 6 nitrogen and oxygen atoms in total. The van der Waals surface area contributed by atoms with Crippen molar-refractivity contribution in [3.8, 4) is 0 Å². The minimum atomic E-state index is -0.146. The van der Waals surface area contributed by atoms with Crippen molar-refractivity contribution in [1.29, 1.82) is 0 Å². The lowest BCUT2D eigenvalue weighted by atomic mass is 10.2. The topological polar surface area (TPSA) is 80.6 Å². The molecule has 3 aromatic rings. The Labute approximate surface area is 185 Å². The van der Waals surface area contributed by atoms with Crippen LogP contribution in [0.4, 0.5) is 11.4 Å². The van der Waals surface area contributed by atoms with Crippen LogP contribution in [0.25, 0.3) is 0 Å². The lowest BCUT2D eigenvalue weighted by Crippen LogP contribution is -2.18. The van der Waals surface area contributed by atoms with Gasteiger partial charge in [0.05, 0.1) is 18.4 Å². The van der Waals surface area contributed by atoms with Crippen LogP contribution >= 0.6 is 11.8 Å². The molecule has 2 N–H and O–H groups in total. The Morgan fingerprint density at radius 3 is 1.94 bits per heavy atom. The van der Waals surface area contributed by atoms with Crippen LogP contribution in [0.5, 0.6) is 0 Å². The first-order valence-electron chi connectivity index (χ1n) is 9.78. The number of benzene rings is 2. The van der Waals surface area contributed by atoms with E-state index in [1.54, 1.807) is 24.8 Å². The Morgan fingerprint density at radius 1 is 0.839 bits per heavy atom. The van der Waals surface area contributed by atoms with E-state index in [9.17, 15) is 9.59 Å². The van der Waals surface area contributed by atoms with Gasteiger partial charge < -0.3 is 19.8 Å². The summed E-state index contributed by atoms with van der Waals surface area (Å²) in [5.41, 5.74) is 2.15. The Bertz CT molecular complexity index is 1050. The summed E-state index contributed by atoms with van der Waals surface area (Å²) in [7, 11) is 0. The molecule has 7 heteroatoms. The molecular formula is C24H24N2O4S. The Morgan fingerprint density at radius 2 is 1.42 bits per heavy atom. The molecule has 0 aliphatic carbocycles. The first-order valence-corrected chi connectivity index (χ1v) is 10.8. The third kappa shape index (κ3) is 6.52. The van der Waals surface area contributed by atoms with Crippen molar-refractivity contribution in [2.45, 2.75) is 13.8 Å². The second kappa shape index (κ2) is 11.1. The number of ether oxygens (including phenoxy) is 1. The molecule has 0 atom stereocenters. The van der Waals surface area contributed by atoms with E-state index in [0.29, 0.717) is 28.6 Å². The molecule has 1 aliphatic rings. The SMILES string of the molecule is CC1=C(C(=O)Nc2ccccc2)SCCO1.Cc1occc1C(=O)Nc1ccccc1. The van der Waals surface area contributed by atoms with E-state index >= 15 is 0 Å². The summed E-state index contributed by atoms with van der Waals surface area (Å²) in [6.45, 7) is 4.27. The lowest BCUT2D eigenvalue weighted by molar-refractivity contribution is -0.112. The van der Waals surface area contributed by atoms with E-state index < -0.39 is 0 Å². The van der Waals surface area contributed by atoms with Crippen molar-refractivity contribution in [3.05, 3.63) is 95.0 Å². The van der Waals surface area contributed by atoms with Crippen LogP contribution in [-0.4, -0.2) is 24.2 Å². The van der Waals surface area contributed by atoms with Crippen LogP contribution in [0.15, 0.2) is 88.1 Å². The average Bonchev–Trinajstić information content (AvgIpc) is 3.22. The number of carbonyl (C=O) groups is 2. The van der Waals surface area contributed by atoms with Crippen LogP contribution in [0.3, 0.4) is 0 Å². The summed E-state index contributed by atoms with van der Waals surface area (Å²) < 4.78 is 10.4. The Balaban J connectivity index is 0.000000176. The largest absolute Gasteiger partial charge is 0.496 e. The standard InChI is InChI=1S/C12H13NO2S.C12H11NO2/c1-9-11(16-8-7-15-9)12(14)13-10-5-3-2-4-6-10;1-9-11(7-8-15-9)12(14)13-10-5-3-2-4-6-10/h2-6H,7-8H2,1H3,(H,13,14);2-8H,1H3,(H,13,14). The minimum absolute atomic E-state index is 0.0894. The molecule has 2 amide bonds. The van der Waals surface area contributed by atoms with Gasteiger partial charge in [0.15, 0.2) is 0 Å². The maximum Gasteiger partial charge on any atom is 0.265 e. The van der Waals surface area contributed by atoms with Gasteiger partial charge in [0.25, 0.3) is 11.8 Å². The summed E-state index contributed by atoms with van der Waals surface area (Å²) >= 11 is 1.54. The van der Waals surface area contributed by atoms with Crippen LogP contribution in [0.1, 0.15) is 23.0 Å². The van der Waals surface area contributed by atoms with Crippen molar-refractivity contribution in [1.82, 2.24) is 0 Å². The van der Waals surface area contributed by atoms with Crippen molar-refractivity contribution >= 4 is 35.0 Å². The fourth-order valence-electron chi connectivity index (χ4n) is 2.78. The highest BCUT2D eigenvalue weighted by molar-refractivity contribution is 8.04. The predicted octanol–water partition coefficient (Wildman–Crippen LogP) is 5.46. The molecular weight excluding hydrogens is 412 g/mol. The van der Waals surface area contributed by atoms with Gasteiger partial charge in [-0.1, -0.05) is 36.4 Å². The number of rotatable bonds is 4. The van der Waals surface area contributed by atoms with Gasteiger partial charge in [0, 0.05) is 17.1 Å². The maximum absolute atomic E-state index is 11.9. The number of thioether (sulfide) groups is 1. The number of furan rings is 1. The second-order valence-corrected chi connectivity index (χ2v) is 7.72. The number of carbonyl (C=O) groups excluding carboxylic acids is 2. The number of aryl methyl sites for hydroxylation is 1. The van der Waals surface area contributed by atoms with E-state index in [4.69, 9.17) is 9.15 Å². The van der Waals surface area contributed by atoms with E-state index in [0.717, 1.165) is 17.1 Å². The first kappa shape index (κ1) is 22.2. The molecule has 0 saturated heterocycles. The summed E-state index contributed by atoms with van der Waals surface area (Å²) in [6.07, 6.45) is 1.51. The molecule has 0 saturated carbocycles. The van der Waals surface area contributed by atoms with Crippen LogP contribution in [0, 0.1) is 6.92 Å². The highest BCUT2D eigenvalue weighted by atomic mass is 32.2. The summed E-state index contributed by atoms with van der Waals surface area (Å²) in [6, 6.07) is 20.4. The smallest absolute Gasteiger partial charge is 0.265 e. The molecule has 0 fully saturated rings. The maximum atomic E-state index is 11.9. The molecule has 160 valence electrons. The number of amides is 2. The van der Waals surface area contributed by atoms with Gasteiger partial charge in [-0.25, -0.2) is 0 Å². The zero-order chi connectivity index (χ0) is 22.1. The molecule has 0 radical (unpaired) electrons. The molecule has 1 aromatic heterocycles. The normalized spacial score (nSPS) is 12.8. The third-order valence-corrected chi connectivity index (χ3v) is 5.47. The van der Waals surface area contributed by atoms with E-state index in [1.165, 1.54) is 6.26 Å². The van der Waals surface area contributed by atoms with Crippen LogP contribution in [-0.2, 0) is 9.53 Å². The van der Waals surface area contributed by atoms with Gasteiger partial charge >= 0.3 is 0 Å². The highest BCUT2D eigenvalue weighted by Gasteiger charge is 2.18. The molecule has 2 heterocycles. The number of hydrogen-bond donors (Lipinski definition) is 2. The number of allylic oxidation sites excluding steroid dienone is 1. The zero-order valence-electron chi connectivity index (χ0n) is 17.4. The second-order valence-electron chi connectivity index (χ2n) is 6.61. The van der Waals surface area contributed by atoms with Crippen molar-refractivity contribution in [2.75, 3.05) is 23.0 Å². The summed E-state index contributed by atoms with van der Waals surface area (Å²) in [5.74, 6) is 1.93. The molecule has 1 aliphatic heterocycles. The van der Waals surface area contributed by atoms with Gasteiger partial charge in [-0.2, -0.15) is 0 Å². The molecule has 0 bridgehead atoms. The number of anilines is 2. The summed E-state index contributed by atoms with van der Waals surface area (Å²) in [4.78, 5) is 24.3. The molecule has 2 aromatic carbocycles. The Kier molecular flexibility index (Phi) is 7.95. The fraction of sp³-hybridized carbons (Fsp3) is 0.167. The monoisotopic (exact) mass is 436 g/mol. The molecule has 31 heavy (non-hydrogen) atoms. The van der Waals surface area contributed by atoms with Crippen LogP contribution in [0.2, 0.25) is 0 Å². The predicted molar refractivity (Wildman–Crippen MR) is 124 cm³/mol. The Hall–Kier alpha value is -3.45. The van der Waals surface area contributed by atoms with Gasteiger partial charge in [-0.15, -0.1) is 11.8 Å². The zero-order valence-corrected chi connectivity index (χ0v) is 18.2. The number of nitrogens with one attached hydrogen (secondary N) is 2. The molecule has 4 rings (SSSR count). The quantitative estimate of drug-likeness (QED) is 0.568. The first-order chi connectivity index (χ1) is 15.0. The summed E-state index contributed by atoms with van der Waals surface area (Å²) in [5, 5.41) is 5.63. The van der Waals surface area contributed by atoms with Gasteiger partial charge in [-0.3, -0.25) is 9.59 Å². The molecule has 0 spiro atoms. The van der Waals surface area contributed by atoms with E-state index in [1.807, 2.05) is 67.6 Å². The van der Waals surface area contributed by atoms with Gasteiger partial charge in [0.2, 0.25) is 0 Å². The third-order valence-electron chi connectivity index (χ3n) is 4.34. The lowest BCUT2D eigenvalue weighted by Gasteiger charge is -2.17. The van der Waals surface area contributed by atoms with E-state index in [-0.39, 0.29) is 11.8 Å². The minimum Gasteiger partial charge on any atom is -0.496 e. The fourth-order valence-corrected chi connectivity index (χ4v) is 3.60. The van der Waals surface area contributed by atoms with Crippen molar-refractivity contribution in [2.24, 2.45) is 0 Å². The van der Waals surface area contributed by atoms with Gasteiger partial charge in [0.1, 0.15) is 16.4 Å². The highest BCUT2D eigenvalue weighted by Crippen LogP contribution is 2.26. The number of para-hydroxylation sites is 2. The average molecular weight is 437 g/mol. The van der Waals surface area contributed by atoms with Crippen LogP contribution < -0.4 is 10.6 Å². The molecule has 0 unspecified atom stereocenters.